The largest absolute Gasteiger partial charge is 0.481 e. The van der Waals surface area contributed by atoms with Gasteiger partial charge in [-0.2, -0.15) is 4.31 Å². The molecule has 150 valence electrons. The van der Waals surface area contributed by atoms with Gasteiger partial charge in [0.25, 0.3) is 5.91 Å². The predicted octanol–water partition coefficient (Wildman–Crippen LogP) is 2.42. The molecule has 0 spiro atoms. The van der Waals surface area contributed by atoms with Gasteiger partial charge in [0.05, 0.1) is 18.1 Å². The summed E-state index contributed by atoms with van der Waals surface area (Å²) in [6.45, 7) is 4.98. The summed E-state index contributed by atoms with van der Waals surface area (Å²) in [4.78, 5) is 12.6. The number of hydrogen-bond donors (Lipinski definition) is 1. The van der Waals surface area contributed by atoms with Crippen molar-refractivity contribution in [2.75, 3.05) is 31.6 Å². The summed E-state index contributed by atoms with van der Waals surface area (Å²) in [6.07, 6.45) is -0.735. The van der Waals surface area contributed by atoms with E-state index in [1.807, 2.05) is 25.1 Å². The van der Waals surface area contributed by atoms with Crippen molar-refractivity contribution in [3.8, 4) is 5.75 Å². The lowest BCUT2D eigenvalue weighted by Gasteiger charge is -2.26. The van der Waals surface area contributed by atoms with Crippen LogP contribution in [0.1, 0.15) is 12.5 Å². The number of rotatable bonds is 6. The van der Waals surface area contributed by atoms with E-state index in [-0.39, 0.29) is 10.8 Å². The van der Waals surface area contributed by atoms with Crippen molar-refractivity contribution in [1.82, 2.24) is 4.31 Å². The van der Waals surface area contributed by atoms with Crippen LogP contribution in [0, 0.1) is 6.92 Å². The molecule has 1 N–H and O–H groups in total. The highest BCUT2D eigenvalue weighted by Gasteiger charge is 2.26. The van der Waals surface area contributed by atoms with Gasteiger partial charge in [-0.3, -0.25) is 4.79 Å². The third-order valence-electron chi connectivity index (χ3n) is 4.38. The van der Waals surface area contributed by atoms with E-state index in [2.05, 4.69) is 5.32 Å². The molecule has 1 saturated heterocycles. The Labute approximate surface area is 165 Å². The van der Waals surface area contributed by atoms with Crippen molar-refractivity contribution >= 4 is 21.6 Å². The number of ether oxygens (including phenoxy) is 2. The first kappa shape index (κ1) is 20.3. The highest BCUT2D eigenvalue weighted by atomic mass is 32.2. The van der Waals surface area contributed by atoms with Crippen LogP contribution in [0.3, 0.4) is 0 Å². The number of carbonyl (C=O) groups is 1. The minimum Gasteiger partial charge on any atom is -0.481 e. The van der Waals surface area contributed by atoms with Gasteiger partial charge in [0.1, 0.15) is 5.75 Å². The predicted molar refractivity (Wildman–Crippen MR) is 106 cm³/mol. The maximum atomic E-state index is 12.8. The number of benzene rings is 2. The molecule has 0 unspecified atom stereocenters. The number of nitrogens with zero attached hydrogens (tertiary/aromatic N) is 1. The lowest BCUT2D eigenvalue weighted by molar-refractivity contribution is -0.122. The van der Waals surface area contributed by atoms with E-state index in [4.69, 9.17) is 9.47 Å². The van der Waals surface area contributed by atoms with Crippen molar-refractivity contribution in [3.63, 3.8) is 0 Å². The smallest absolute Gasteiger partial charge is 0.265 e. The van der Waals surface area contributed by atoms with Crippen molar-refractivity contribution in [2.45, 2.75) is 24.8 Å². The number of sulfonamides is 1. The summed E-state index contributed by atoms with van der Waals surface area (Å²) in [5.41, 5.74) is 1.44. The van der Waals surface area contributed by atoms with Crippen LogP contribution in [0.4, 0.5) is 5.69 Å². The molecule has 7 nitrogen and oxygen atoms in total. The van der Waals surface area contributed by atoms with E-state index in [9.17, 15) is 13.2 Å². The third kappa shape index (κ3) is 4.89. The molecule has 1 heterocycles. The summed E-state index contributed by atoms with van der Waals surface area (Å²) in [5, 5.41) is 2.72. The van der Waals surface area contributed by atoms with Crippen LogP contribution < -0.4 is 10.1 Å². The van der Waals surface area contributed by atoms with Crippen LogP contribution >= 0.6 is 0 Å². The first-order valence-electron chi connectivity index (χ1n) is 9.08. The average molecular weight is 404 g/mol. The Hall–Kier alpha value is -2.42. The van der Waals surface area contributed by atoms with E-state index >= 15 is 0 Å². The molecule has 2 aromatic rings. The van der Waals surface area contributed by atoms with Crippen molar-refractivity contribution in [3.05, 3.63) is 54.1 Å². The molecule has 3 rings (SSSR count). The lowest BCUT2D eigenvalue weighted by atomic mass is 10.2. The zero-order chi connectivity index (χ0) is 20.1. The van der Waals surface area contributed by atoms with Gasteiger partial charge < -0.3 is 14.8 Å². The summed E-state index contributed by atoms with van der Waals surface area (Å²) in [7, 11) is -3.62. The Morgan fingerprint density at radius 1 is 1.14 bits per heavy atom. The maximum Gasteiger partial charge on any atom is 0.265 e. The van der Waals surface area contributed by atoms with E-state index in [1.165, 1.54) is 16.4 Å². The molecule has 1 amide bonds. The first-order chi connectivity index (χ1) is 13.4. The van der Waals surface area contributed by atoms with Crippen molar-refractivity contribution in [2.24, 2.45) is 0 Å². The summed E-state index contributed by atoms with van der Waals surface area (Å²) in [5.74, 6) is 0.244. The average Bonchev–Trinajstić information content (AvgIpc) is 2.69. The Bertz CT molecular complexity index is 939. The Morgan fingerprint density at radius 2 is 1.86 bits per heavy atom. The fraction of sp³-hybridized carbons (Fsp3) is 0.350. The van der Waals surface area contributed by atoms with Crippen LogP contribution in [0.5, 0.6) is 5.75 Å². The van der Waals surface area contributed by atoms with E-state index in [1.54, 1.807) is 25.1 Å². The molecule has 0 radical (unpaired) electrons. The second-order valence-electron chi connectivity index (χ2n) is 6.61. The highest BCUT2D eigenvalue weighted by molar-refractivity contribution is 7.89. The van der Waals surface area contributed by atoms with E-state index in [0.29, 0.717) is 37.7 Å². The van der Waals surface area contributed by atoms with Crippen LogP contribution in [0.2, 0.25) is 0 Å². The summed E-state index contributed by atoms with van der Waals surface area (Å²) >= 11 is 0. The zero-order valence-corrected chi connectivity index (χ0v) is 16.7. The van der Waals surface area contributed by atoms with E-state index in [0.717, 1.165) is 5.56 Å². The van der Waals surface area contributed by atoms with Gasteiger partial charge in [-0.15, -0.1) is 0 Å². The van der Waals surface area contributed by atoms with Crippen molar-refractivity contribution < 1.29 is 22.7 Å². The molecule has 8 heteroatoms. The highest BCUT2D eigenvalue weighted by Crippen LogP contribution is 2.21. The van der Waals surface area contributed by atoms with Gasteiger partial charge in [0.2, 0.25) is 10.0 Å². The summed E-state index contributed by atoms with van der Waals surface area (Å²) < 4.78 is 37.8. The minimum absolute atomic E-state index is 0.138. The molecular weight excluding hydrogens is 380 g/mol. The zero-order valence-electron chi connectivity index (χ0n) is 15.9. The first-order valence-corrected chi connectivity index (χ1v) is 10.5. The second-order valence-corrected chi connectivity index (χ2v) is 8.55. The second kappa shape index (κ2) is 8.72. The third-order valence-corrected chi connectivity index (χ3v) is 6.28. The van der Waals surface area contributed by atoms with Crippen LogP contribution in [-0.4, -0.2) is 51.0 Å². The van der Waals surface area contributed by atoms with Gasteiger partial charge in [0.15, 0.2) is 6.10 Å². The van der Waals surface area contributed by atoms with Crippen LogP contribution in [-0.2, 0) is 19.6 Å². The van der Waals surface area contributed by atoms with Gasteiger partial charge in [-0.05, 0) is 49.7 Å². The molecule has 0 saturated carbocycles. The fourth-order valence-corrected chi connectivity index (χ4v) is 4.31. The number of aryl methyl sites for hydroxylation is 1. The molecule has 0 bridgehead atoms. The Kier molecular flexibility index (Phi) is 6.33. The van der Waals surface area contributed by atoms with Crippen molar-refractivity contribution in [1.29, 1.82) is 0 Å². The van der Waals surface area contributed by atoms with E-state index < -0.39 is 16.1 Å². The summed E-state index contributed by atoms with van der Waals surface area (Å²) in [6, 6.07) is 13.7. The Balaban J connectivity index is 1.69. The van der Waals surface area contributed by atoms with Gasteiger partial charge >= 0.3 is 0 Å². The van der Waals surface area contributed by atoms with Gasteiger partial charge in [0, 0.05) is 18.8 Å². The molecule has 0 aliphatic carbocycles. The van der Waals surface area contributed by atoms with Crippen LogP contribution in [0.25, 0.3) is 0 Å². The molecule has 2 aromatic carbocycles. The normalized spacial score (nSPS) is 16.4. The standard InChI is InChI=1S/C20H24N2O5S/c1-15-5-3-7-18(13-15)27-16(2)20(23)21-17-6-4-8-19(14-17)28(24,25)22-9-11-26-12-10-22/h3-8,13-14,16H,9-12H2,1-2H3,(H,21,23)/t16-/m1/s1. The molecule has 1 aliphatic heterocycles. The topological polar surface area (TPSA) is 84.9 Å². The number of anilines is 1. The molecule has 1 atom stereocenters. The molecular formula is C20H24N2O5S. The lowest BCUT2D eigenvalue weighted by Crippen LogP contribution is -2.40. The van der Waals surface area contributed by atoms with Gasteiger partial charge in [-0.25, -0.2) is 8.42 Å². The number of nitrogens with one attached hydrogen (secondary N) is 1. The number of carbonyl (C=O) groups excluding carboxylic acids is 1. The fourth-order valence-electron chi connectivity index (χ4n) is 2.86. The van der Waals surface area contributed by atoms with Gasteiger partial charge in [-0.1, -0.05) is 18.2 Å². The number of amides is 1. The Morgan fingerprint density at radius 3 is 2.57 bits per heavy atom. The SMILES string of the molecule is Cc1cccc(O[C@H](C)C(=O)Nc2cccc(S(=O)(=O)N3CCOCC3)c2)c1. The maximum absolute atomic E-state index is 12.8. The number of morpholine rings is 1. The molecule has 0 aromatic heterocycles. The van der Waals surface area contributed by atoms with Crippen LogP contribution in [0.15, 0.2) is 53.4 Å². The monoisotopic (exact) mass is 404 g/mol. The number of hydrogen-bond acceptors (Lipinski definition) is 5. The molecule has 28 heavy (non-hydrogen) atoms. The molecule has 1 aliphatic rings. The minimum atomic E-state index is -3.62. The molecule has 1 fully saturated rings. The quantitative estimate of drug-likeness (QED) is 0.799.